The van der Waals surface area contributed by atoms with Crippen LogP contribution < -0.4 is 14.8 Å². The standard InChI is InChI=1S/C18H21NO3/c1-12-9-10-13(2)17(11-12)22-14(3)18(20)19-15-7-5-6-8-16(15)21-4/h5-11,14H,1-4H3,(H,19,20)/t14-/m1/s1. The number of benzene rings is 2. The Morgan fingerprint density at radius 3 is 2.55 bits per heavy atom. The van der Waals surface area contributed by atoms with E-state index in [9.17, 15) is 4.79 Å². The minimum atomic E-state index is -0.606. The summed E-state index contributed by atoms with van der Waals surface area (Å²) in [5, 5.41) is 2.83. The number of amides is 1. The van der Waals surface area contributed by atoms with Crippen molar-refractivity contribution in [2.24, 2.45) is 0 Å². The molecule has 2 rings (SSSR count). The molecule has 0 radical (unpaired) electrons. The Labute approximate surface area is 131 Å². The van der Waals surface area contributed by atoms with Crippen LogP contribution >= 0.6 is 0 Å². The van der Waals surface area contributed by atoms with E-state index < -0.39 is 6.10 Å². The fraction of sp³-hybridized carbons (Fsp3) is 0.278. The van der Waals surface area contributed by atoms with E-state index in [4.69, 9.17) is 9.47 Å². The highest BCUT2D eigenvalue weighted by Crippen LogP contribution is 2.24. The molecule has 1 atom stereocenters. The van der Waals surface area contributed by atoms with Crippen LogP contribution in [0.4, 0.5) is 5.69 Å². The van der Waals surface area contributed by atoms with Gasteiger partial charge in [-0.1, -0.05) is 24.3 Å². The predicted molar refractivity (Wildman–Crippen MR) is 87.6 cm³/mol. The Morgan fingerprint density at radius 2 is 1.82 bits per heavy atom. The van der Waals surface area contributed by atoms with Gasteiger partial charge in [-0.25, -0.2) is 0 Å². The van der Waals surface area contributed by atoms with Crippen molar-refractivity contribution in [3.8, 4) is 11.5 Å². The lowest BCUT2D eigenvalue weighted by atomic mass is 10.1. The molecule has 0 fully saturated rings. The molecule has 116 valence electrons. The Hall–Kier alpha value is -2.49. The van der Waals surface area contributed by atoms with E-state index in [0.29, 0.717) is 11.4 Å². The first-order chi connectivity index (χ1) is 10.5. The molecular formula is C18H21NO3. The minimum Gasteiger partial charge on any atom is -0.495 e. The van der Waals surface area contributed by atoms with Gasteiger partial charge in [-0.05, 0) is 50.1 Å². The van der Waals surface area contributed by atoms with Crippen LogP contribution in [-0.4, -0.2) is 19.1 Å². The van der Waals surface area contributed by atoms with E-state index in [1.165, 1.54) is 0 Å². The van der Waals surface area contributed by atoms with E-state index in [1.807, 2.05) is 44.2 Å². The van der Waals surface area contributed by atoms with Crippen LogP contribution in [-0.2, 0) is 4.79 Å². The predicted octanol–water partition coefficient (Wildman–Crippen LogP) is 3.72. The summed E-state index contributed by atoms with van der Waals surface area (Å²) in [4.78, 5) is 12.3. The van der Waals surface area contributed by atoms with Crippen LogP contribution in [0.25, 0.3) is 0 Å². The third kappa shape index (κ3) is 3.79. The van der Waals surface area contributed by atoms with Gasteiger partial charge >= 0.3 is 0 Å². The number of carbonyl (C=O) groups is 1. The fourth-order valence-electron chi connectivity index (χ4n) is 2.06. The summed E-state index contributed by atoms with van der Waals surface area (Å²) in [6, 6.07) is 13.2. The van der Waals surface area contributed by atoms with Crippen molar-refractivity contribution < 1.29 is 14.3 Å². The average molecular weight is 299 g/mol. The molecule has 4 nitrogen and oxygen atoms in total. The molecule has 0 saturated heterocycles. The lowest BCUT2D eigenvalue weighted by Crippen LogP contribution is -2.30. The molecule has 4 heteroatoms. The smallest absolute Gasteiger partial charge is 0.265 e. The van der Waals surface area contributed by atoms with Crippen LogP contribution in [0.1, 0.15) is 18.1 Å². The second kappa shape index (κ2) is 6.98. The molecule has 0 saturated carbocycles. The highest BCUT2D eigenvalue weighted by molar-refractivity contribution is 5.95. The van der Waals surface area contributed by atoms with Crippen molar-refractivity contribution in [1.29, 1.82) is 0 Å². The third-order valence-electron chi connectivity index (χ3n) is 3.38. The van der Waals surface area contributed by atoms with Crippen molar-refractivity contribution in [2.75, 3.05) is 12.4 Å². The number of anilines is 1. The summed E-state index contributed by atoms with van der Waals surface area (Å²) in [6.07, 6.45) is -0.606. The molecule has 0 spiro atoms. The largest absolute Gasteiger partial charge is 0.495 e. The summed E-state index contributed by atoms with van der Waals surface area (Å²) >= 11 is 0. The number of hydrogen-bond acceptors (Lipinski definition) is 3. The van der Waals surface area contributed by atoms with Gasteiger partial charge in [-0.2, -0.15) is 0 Å². The van der Waals surface area contributed by atoms with Gasteiger partial charge in [0, 0.05) is 0 Å². The number of hydrogen-bond donors (Lipinski definition) is 1. The zero-order chi connectivity index (χ0) is 16.1. The monoisotopic (exact) mass is 299 g/mol. The molecule has 0 heterocycles. The Morgan fingerprint density at radius 1 is 1.09 bits per heavy atom. The maximum absolute atomic E-state index is 12.3. The van der Waals surface area contributed by atoms with Gasteiger partial charge in [0.2, 0.25) is 0 Å². The van der Waals surface area contributed by atoms with Crippen LogP contribution in [0.5, 0.6) is 11.5 Å². The first-order valence-corrected chi connectivity index (χ1v) is 7.19. The van der Waals surface area contributed by atoms with Gasteiger partial charge in [0.25, 0.3) is 5.91 Å². The van der Waals surface area contributed by atoms with Crippen molar-refractivity contribution in [2.45, 2.75) is 26.9 Å². The number of methoxy groups -OCH3 is 1. The topological polar surface area (TPSA) is 47.6 Å². The highest BCUT2D eigenvalue weighted by Gasteiger charge is 2.17. The number of ether oxygens (including phenoxy) is 2. The SMILES string of the molecule is COc1ccccc1NC(=O)[C@@H](C)Oc1cc(C)ccc1C. The van der Waals surface area contributed by atoms with Gasteiger partial charge in [-0.15, -0.1) is 0 Å². The second-order valence-electron chi connectivity index (χ2n) is 5.22. The van der Waals surface area contributed by atoms with E-state index in [2.05, 4.69) is 5.32 Å². The first-order valence-electron chi connectivity index (χ1n) is 7.19. The molecule has 1 amide bonds. The molecule has 0 bridgehead atoms. The van der Waals surface area contributed by atoms with E-state index in [1.54, 1.807) is 26.2 Å². The quantitative estimate of drug-likeness (QED) is 0.915. The first kappa shape index (κ1) is 15.9. The minimum absolute atomic E-state index is 0.217. The van der Waals surface area contributed by atoms with Gasteiger partial charge in [0.1, 0.15) is 11.5 Å². The molecule has 0 unspecified atom stereocenters. The van der Waals surface area contributed by atoms with Gasteiger partial charge in [0.15, 0.2) is 6.10 Å². The highest BCUT2D eigenvalue weighted by atomic mass is 16.5. The molecule has 2 aromatic carbocycles. The van der Waals surface area contributed by atoms with Gasteiger partial charge in [-0.3, -0.25) is 4.79 Å². The maximum atomic E-state index is 12.3. The lowest BCUT2D eigenvalue weighted by molar-refractivity contribution is -0.122. The molecule has 2 aromatic rings. The van der Waals surface area contributed by atoms with Crippen LogP contribution in [0.15, 0.2) is 42.5 Å². The average Bonchev–Trinajstić information content (AvgIpc) is 2.51. The van der Waals surface area contributed by atoms with E-state index in [0.717, 1.165) is 16.9 Å². The zero-order valence-corrected chi connectivity index (χ0v) is 13.3. The Kier molecular flexibility index (Phi) is 5.04. The molecular weight excluding hydrogens is 278 g/mol. The number of para-hydroxylation sites is 2. The molecule has 0 aliphatic rings. The summed E-state index contributed by atoms with van der Waals surface area (Å²) in [5.74, 6) is 1.13. The van der Waals surface area contributed by atoms with Gasteiger partial charge < -0.3 is 14.8 Å². The zero-order valence-electron chi connectivity index (χ0n) is 13.3. The number of nitrogens with one attached hydrogen (secondary N) is 1. The van der Waals surface area contributed by atoms with Crippen LogP contribution in [0.3, 0.4) is 0 Å². The number of aryl methyl sites for hydroxylation is 2. The summed E-state index contributed by atoms with van der Waals surface area (Å²) in [6.45, 7) is 5.68. The molecule has 0 aliphatic heterocycles. The molecule has 1 N–H and O–H groups in total. The number of rotatable bonds is 5. The fourth-order valence-corrected chi connectivity index (χ4v) is 2.06. The molecule has 22 heavy (non-hydrogen) atoms. The van der Waals surface area contributed by atoms with Crippen molar-refractivity contribution in [1.82, 2.24) is 0 Å². The van der Waals surface area contributed by atoms with Crippen LogP contribution in [0, 0.1) is 13.8 Å². The summed E-state index contributed by atoms with van der Waals surface area (Å²) in [5.41, 5.74) is 2.73. The van der Waals surface area contributed by atoms with Crippen LogP contribution in [0.2, 0.25) is 0 Å². The third-order valence-corrected chi connectivity index (χ3v) is 3.38. The van der Waals surface area contributed by atoms with Gasteiger partial charge in [0.05, 0.1) is 12.8 Å². The van der Waals surface area contributed by atoms with E-state index >= 15 is 0 Å². The second-order valence-corrected chi connectivity index (χ2v) is 5.22. The Bertz CT molecular complexity index is 667. The maximum Gasteiger partial charge on any atom is 0.265 e. The lowest BCUT2D eigenvalue weighted by Gasteiger charge is -2.17. The van der Waals surface area contributed by atoms with Crippen molar-refractivity contribution in [3.63, 3.8) is 0 Å². The Balaban J connectivity index is 2.07. The van der Waals surface area contributed by atoms with Crippen molar-refractivity contribution >= 4 is 11.6 Å². The normalized spacial score (nSPS) is 11.6. The molecule has 0 aromatic heterocycles. The summed E-state index contributed by atoms with van der Waals surface area (Å²) < 4.78 is 11.0. The molecule has 0 aliphatic carbocycles. The number of carbonyl (C=O) groups excluding carboxylic acids is 1. The summed E-state index contributed by atoms with van der Waals surface area (Å²) in [7, 11) is 1.57. The van der Waals surface area contributed by atoms with E-state index in [-0.39, 0.29) is 5.91 Å². The van der Waals surface area contributed by atoms with Crippen molar-refractivity contribution in [3.05, 3.63) is 53.6 Å².